The Kier molecular flexibility index (Phi) is 5.87. The molecule has 4 aromatic rings. The third-order valence-electron chi connectivity index (χ3n) is 5.90. The van der Waals surface area contributed by atoms with Crippen molar-refractivity contribution in [2.75, 3.05) is 31.2 Å². The van der Waals surface area contributed by atoms with Gasteiger partial charge in [0.05, 0.1) is 23.8 Å². The zero-order valence-corrected chi connectivity index (χ0v) is 18.1. The molecule has 0 spiro atoms. The molecule has 1 fully saturated rings. The number of morpholine rings is 1. The van der Waals surface area contributed by atoms with Crippen LogP contribution in [0.25, 0.3) is 10.9 Å². The summed E-state index contributed by atoms with van der Waals surface area (Å²) in [4.78, 5) is 17.6. The molecule has 1 aromatic heterocycles. The Balaban J connectivity index is 1.37. The number of hydrogen-bond donors (Lipinski definition) is 0. The smallest absolute Gasteiger partial charge is 0.269 e. The predicted molar refractivity (Wildman–Crippen MR) is 131 cm³/mol. The topological polar surface area (TPSA) is 72.9 Å². The number of nitrogens with zero attached hydrogens (tertiary/aromatic N) is 4. The van der Waals surface area contributed by atoms with Gasteiger partial charge in [-0.25, -0.2) is 0 Å². The third-order valence-corrected chi connectivity index (χ3v) is 5.90. The predicted octanol–water partition coefficient (Wildman–Crippen LogP) is 5.19. The molecule has 0 bridgehead atoms. The van der Waals surface area contributed by atoms with Gasteiger partial charge in [-0.15, -0.1) is 0 Å². The van der Waals surface area contributed by atoms with Gasteiger partial charge >= 0.3 is 0 Å². The molecule has 0 atom stereocenters. The molecule has 33 heavy (non-hydrogen) atoms. The fourth-order valence-corrected chi connectivity index (χ4v) is 4.14. The van der Waals surface area contributed by atoms with Gasteiger partial charge in [-0.2, -0.15) is 0 Å². The first kappa shape index (κ1) is 20.9. The molecule has 0 aliphatic carbocycles. The molecule has 166 valence electrons. The van der Waals surface area contributed by atoms with Gasteiger partial charge in [0.25, 0.3) is 5.69 Å². The number of nitro groups is 1. The second-order valence-electron chi connectivity index (χ2n) is 8.03. The lowest BCUT2D eigenvalue weighted by Gasteiger charge is -2.28. The Bertz CT molecular complexity index is 1290. The van der Waals surface area contributed by atoms with Crippen LogP contribution in [0.15, 0.2) is 84.0 Å². The molecule has 0 N–H and O–H groups in total. The molecule has 0 unspecified atom stereocenters. The summed E-state index contributed by atoms with van der Waals surface area (Å²) in [6.07, 6.45) is 3.98. The maximum atomic E-state index is 10.9. The zero-order chi connectivity index (χ0) is 22.6. The summed E-state index contributed by atoms with van der Waals surface area (Å²) >= 11 is 0. The van der Waals surface area contributed by atoms with Gasteiger partial charge in [-0.1, -0.05) is 30.3 Å². The van der Waals surface area contributed by atoms with Crippen molar-refractivity contribution in [3.05, 3.63) is 100 Å². The highest BCUT2D eigenvalue weighted by Crippen LogP contribution is 2.24. The van der Waals surface area contributed by atoms with Crippen LogP contribution in [0, 0.1) is 10.1 Å². The van der Waals surface area contributed by atoms with E-state index in [1.165, 1.54) is 5.69 Å². The van der Waals surface area contributed by atoms with Crippen molar-refractivity contribution in [3.63, 3.8) is 0 Å². The van der Waals surface area contributed by atoms with E-state index in [2.05, 4.69) is 39.9 Å². The molecule has 2 heterocycles. The van der Waals surface area contributed by atoms with Crippen molar-refractivity contribution >= 4 is 34.2 Å². The second kappa shape index (κ2) is 9.26. The van der Waals surface area contributed by atoms with Crippen LogP contribution in [0.3, 0.4) is 0 Å². The Morgan fingerprint density at radius 2 is 1.70 bits per heavy atom. The Labute approximate surface area is 191 Å². The SMILES string of the molecule is O=[N+]([O-])c1ccc(Cn2cc(C=Nc3ccc(N4CCOCC4)cc3)c3ccccc32)cc1. The molecule has 1 aliphatic rings. The van der Waals surface area contributed by atoms with E-state index < -0.39 is 0 Å². The molecule has 0 amide bonds. The quantitative estimate of drug-likeness (QED) is 0.235. The number of aromatic nitrogens is 1. The minimum atomic E-state index is -0.378. The second-order valence-corrected chi connectivity index (χ2v) is 8.03. The Hall–Kier alpha value is -3.97. The van der Waals surface area contributed by atoms with Gasteiger partial charge < -0.3 is 14.2 Å². The van der Waals surface area contributed by atoms with Gasteiger partial charge in [0.1, 0.15) is 0 Å². The summed E-state index contributed by atoms with van der Waals surface area (Å²) < 4.78 is 7.58. The summed E-state index contributed by atoms with van der Waals surface area (Å²) in [7, 11) is 0. The minimum Gasteiger partial charge on any atom is -0.378 e. The van der Waals surface area contributed by atoms with Crippen LogP contribution in [-0.2, 0) is 11.3 Å². The molecule has 7 nitrogen and oxygen atoms in total. The summed E-state index contributed by atoms with van der Waals surface area (Å²) in [6.45, 7) is 3.99. The number of aliphatic imine (C=N–C) groups is 1. The number of benzene rings is 3. The number of nitro benzene ring substituents is 1. The molecule has 0 radical (unpaired) electrons. The number of rotatable bonds is 6. The molecule has 1 aliphatic heterocycles. The number of ether oxygens (including phenoxy) is 1. The summed E-state index contributed by atoms with van der Waals surface area (Å²) in [5.74, 6) is 0. The van der Waals surface area contributed by atoms with Gasteiger partial charge in [0, 0.05) is 66.3 Å². The highest BCUT2D eigenvalue weighted by Gasteiger charge is 2.11. The van der Waals surface area contributed by atoms with E-state index in [-0.39, 0.29) is 10.6 Å². The van der Waals surface area contributed by atoms with E-state index >= 15 is 0 Å². The van der Waals surface area contributed by atoms with Crippen molar-refractivity contribution in [3.8, 4) is 0 Å². The molecule has 1 saturated heterocycles. The summed E-state index contributed by atoms with van der Waals surface area (Å²) in [6, 6.07) is 23.2. The van der Waals surface area contributed by atoms with Crippen molar-refractivity contribution < 1.29 is 9.66 Å². The first-order valence-corrected chi connectivity index (χ1v) is 11.0. The Morgan fingerprint density at radius 1 is 0.970 bits per heavy atom. The van der Waals surface area contributed by atoms with Crippen LogP contribution < -0.4 is 4.90 Å². The van der Waals surface area contributed by atoms with Crippen molar-refractivity contribution in [1.29, 1.82) is 0 Å². The lowest BCUT2D eigenvalue weighted by Crippen LogP contribution is -2.36. The number of para-hydroxylation sites is 1. The minimum absolute atomic E-state index is 0.101. The van der Waals surface area contributed by atoms with Gasteiger partial charge in [-0.3, -0.25) is 15.1 Å². The number of anilines is 1. The third kappa shape index (κ3) is 4.63. The lowest BCUT2D eigenvalue weighted by molar-refractivity contribution is -0.384. The van der Waals surface area contributed by atoms with Crippen molar-refractivity contribution in [2.24, 2.45) is 4.99 Å². The monoisotopic (exact) mass is 440 g/mol. The summed E-state index contributed by atoms with van der Waals surface area (Å²) in [5.41, 5.74) is 5.33. The van der Waals surface area contributed by atoms with Crippen LogP contribution in [0.2, 0.25) is 0 Å². The van der Waals surface area contributed by atoms with Gasteiger partial charge in [0.15, 0.2) is 0 Å². The van der Waals surface area contributed by atoms with Crippen LogP contribution in [-0.4, -0.2) is 42.0 Å². The van der Waals surface area contributed by atoms with E-state index in [0.29, 0.717) is 6.54 Å². The van der Waals surface area contributed by atoms with E-state index in [1.807, 2.05) is 30.5 Å². The van der Waals surface area contributed by atoms with E-state index in [0.717, 1.165) is 54.0 Å². The summed E-state index contributed by atoms with van der Waals surface area (Å²) in [5, 5.41) is 12.0. The number of non-ortho nitro benzene ring substituents is 1. The molecule has 0 saturated carbocycles. The average molecular weight is 441 g/mol. The average Bonchev–Trinajstić information content (AvgIpc) is 3.21. The molecular weight excluding hydrogens is 416 g/mol. The fraction of sp³-hybridized carbons (Fsp3) is 0.192. The number of hydrogen-bond acceptors (Lipinski definition) is 5. The van der Waals surface area contributed by atoms with E-state index in [1.54, 1.807) is 24.3 Å². The van der Waals surface area contributed by atoms with E-state index in [4.69, 9.17) is 9.73 Å². The lowest BCUT2D eigenvalue weighted by atomic mass is 10.2. The zero-order valence-electron chi connectivity index (χ0n) is 18.1. The van der Waals surface area contributed by atoms with Crippen LogP contribution in [0.1, 0.15) is 11.1 Å². The molecule has 5 rings (SSSR count). The molecule has 3 aromatic carbocycles. The van der Waals surface area contributed by atoms with Gasteiger partial charge in [-0.05, 0) is 35.9 Å². The number of fused-ring (bicyclic) bond motifs is 1. The first-order chi connectivity index (χ1) is 16.2. The molecular formula is C26H24N4O3. The van der Waals surface area contributed by atoms with E-state index in [9.17, 15) is 10.1 Å². The van der Waals surface area contributed by atoms with Crippen molar-refractivity contribution in [2.45, 2.75) is 6.54 Å². The fourth-order valence-electron chi connectivity index (χ4n) is 4.14. The maximum Gasteiger partial charge on any atom is 0.269 e. The van der Waals surface area contributed by atoms with Crippen LogP contribution >= 0.6 is 0 Å². The highest BCUT2D eigenvalue weighted by molar-refractivity contribution is 6.00. The largest absolute Gasteiger partial charge is 0.378 e. The standard InChI is InChI=1S/C26H24N4O3/c31-30(32)24-9-5-20(6-10-24)18-29-19-21(25-3-1-2-4-26(25)29)17-27-22-7-11-23(12-8-22)28-13-15-33-16-14-28/h1-12,17,19H,13-16,18H2. The first-order valence-electron chi connectivity index (χ1n) is 11.0. The van der Waals surface area contributed by atoms with Crippen LogP contribution in [0.4, 0.5) is 17.1 Å². The maximum absolute atomic E-state index is 10.9. The van der Waals surface area contributed by atoms with Crippen LogP contribution in [0.5, 0.6) is 0 Å². The highest BCUT2D eigenvalue weighted by atomic mass is 16.6. The van der Waals surface area contributed by atoms with Gasteiger partial charge in [0.2, 0.25) is 0 Å². The molecule has 7 heteroatoms. The Morgan fingerprint density at radius 3 is 2.42 bits per heavy atom. The van der Waals surface area contributed by atoms with Crippen molar-refractivity contribution in [1.82, 2.24) is 4.57 Å². The normalized spacial score (nSPS) is 14.2.